The van der Waals surface area contributed by atoms with Gasteiger partial charge < -0.3 is 10.6 Å². The Kier molecular flexibility index (Phi) is 4.51. The van der Waals surface area contributed by atoms with Crippen LogP contribution < -0.4 is 10.6 Å². The Morgan fingerprint density at radius 3 is 2.48 bits per heavy atom. The fraction of sp³-hybridized carbons (Fsp3) is 0.625. The second-order valence-electron chi connectivity index (χ2n) is 6.25. The van der Waals surface area contributed by atoms with Gasteiger partial charge in [0.1, 0.15) is 0 Å². The van der Waals surface area contributed by atoms with E-state index in [1.54, 1.807) is 6.07 Å². The van der Waals surface area contributed by atoms with Gasteiger partial charge in [-0.05, 0) is 42.9 Å². The Morgan fingerprint density at radius 2 is 1.90 bits per heavy atom. The molecule has 5 heteroatoms. The van der Waals surface area contributed by atoms with Gasteiger partial charge in [-0.3, -0.25) is 0 Å². The van der Waals surface area contributed by atoms with Crippen molar-refractivity contribution >= 4 is 5.69 Å². The van der Waals surface area contributed by atoms with E-state index in [9.17, 15) is 13.2 Å². The van der Waals surface area contributed by atoms with Gasteiger partial charge in [0.2, 0.25) is 0 Å². The summed E-state index contributed by atoms with van der Waals surface area (Å²) in [5.41, 5.74) is 5.62. The van der Waals surface area contributed by atoms with Crippen molar-refractivity contribution in [2.45, 2.75) is 46.0 Å². The van der Waals surface area contributed by atoms with E-state index in [4.69, 9.17) is 5.73 Å². The standard InChI is InChI=1S/C16H23F3N2/c1-10-6-11(2)12(3)21(9-10)14-5-4-13(8-20)15(7-14)16(17,18)19/h4-5,7,10-12H,6,8-9,20H2,1-3H3. The maximum atomic E-state index is 13.2. The molecule has 1 aliphatic rings. The lowest BCUT2D eigenvalue weighted by atomic mass is 9.85. The molecule has 1 aromatic carbocycles. The number of nitrogens with two attached hydrogens (primary N) is 1. The summed E-state index contributed by atoms with van der Waals surface area (Å²) in [6, 6.07) is 4.77. The quantitative estimate of drug-likeness (QED) is 0.893. The molecule has 1 aliphatic heterocycles. The molecule has 3 unspecified atom stereocenters. The van der Waals surface area contributed by atoms with Crippen LogP contribution in [0.15, 0.2) is 18.2 Å². The highest BCUT2D eigenvalue weighted by atomic mass is 19.4. The van der Waals surface area contributed by atoms with Gasteiger partial charge in [0.25, 0.3) is 0 Å². The molecule has 0 spiro atoms. The highest BCUT2D eigenvalue weighted by Gasteiger charge is 2.35. The highest BCUT2D eigenvalue weighted by molar-refractivity contribution is 5.53. The summed E-state index contributed by atoms with van der Waals surface area (Å²) in [5, 5.41) is 0. The van der Waals surface area contributed by atoms with Crippen LogP contribution in [-0.2, 0) is 12.7 Å². The minimum absolute atomic E-state index is 0.0997. The van der Waals surface area contributed by atoms with Gasteiger partial charge in [-0.1, -0.05) is 19.9 Å². The first kappa shape index (κ1) is 16.1. The normalized spacial score (nSPS) is 27.0. The average molecular weight is 300 g/mol. The van der Waals surface area contributed by atoms with Crippen molar-refractivity contribution < 1.29 is 13.2 Å². The number of rotatable bonds is 2. The van der Waals surface area contributed by atoms with Gasteiger partial charge in [0.15, 0.2) is 0 Å². The molecule has 0 radical (unpaired) electrons. The number of anilines is 1. The first-order valence-electron chi connectivity index (χ1n) is 7.40. The molecule has 0 amide bonds. The third-order valence-corrected chi connectivity index (χ3v) is 4.55. The maximum Gasteiger partial charge on any atom is 0.416 e. The molecule has 2 nitrogen and oxygen atoms in total. The van der Waals surface area contributed by atoms with Crippen molar-refractivity contribution in [2.24, 2.45) is 17.6 Å². The number of hydrogen-bond donors (Lipinski definition) is 1. The molecular weight excluding hydrogens is 277 g/mol. The zero-order chi connectivity index (χ0) is 15.8. The van der Waals surface area contributed by atoms with Crippen LogP contribution in [0.3, 0.4) is 0 Å². The topological polar surface area (TPSA) is 29.3 Å². The SMILES string of the molecule is CC1CC(C)C(C)N(c2ccc(CN)c(C(F)(F)F)c2)C1. The molecule has 1 fully saturated rings. The average Bonchev–Trinajstić information content (AvgIpc) is 2.41. The summed E-state index contributed by atoms with van der Waals surface area (Å²) < 4.78 is 39.5. The predicted octanol–water partition coefficient (Wildman–Crippen LogP) is 4.03. The van der Waals surface area contributed by atoms with E-state index in [2.05, 4.69) is 25.7 Å². The number of benzene rings is 1. The Morgan fingerprint density at radius 1 is 1.24 bits per heavy atom. The van der Waals surface area contributed by atoms with Crippen LogP contribution in [-0.4, -0.2) is 12.6 Å². The summed E-state index contributed by atoms with van der Waals surface area (Å²) in [7, 11) is 0. The van der Waals surface area contributed by atoms with Gasteiger partial charge in [-0.2, -0.15) is 13.2 Å². The summed E-state index contributed by atoms with van der Waals surface area (Å²) in [4.78, 5) is 2.09. The van der Waals surface area contributed by atoms with Crippen LogP contribution >= 0.6 is 0 Å². The van der Waals surface area contributed by atoms with Crippen molar-refractivity contribution in [2.75, 3.05) is 11.4 Å². The molecule has 1 heterocycles. The van der Waals surface area contributed by atoms with Crippen molar-refractivity contribution in [1.29, 1.82) is 0 Å². The maximum absolute atomic E-state index is 13.2. The van der Waals surface area contributed by atoms with E-state index in [-0.39, 0.29) is 18.2 Å². The molecule has 2 N–H and O–H groups in total. The third kappa shape index (κ3) is 3.34. The van der Waals surface area contributed by atoms with E-state index < -0.39 is 11.7 Å². The van der Waals surface area contributed by atoms with Crippen LogP contribution in [0.25, 0.3) is 0 Å². The van der Waals surface area contributed by atoms with E-state index in [0.29, 0.717) is 17.5 Å². The molecule has 2 rings (SSSR count). The second-order valence-corrected chi connectivity index (χ2v) is 6.25. The van der Waals surface area contributed by atoms with Crippen LogP contribution in [0.5, 0.6) is 0 Å². The summed E-state index contributed by atoms with van der Waals surface area (Å²) in [6.45, 7) is 7.09. The number of nitrogens with zero attached hydrogens (tertiary/aromatic N) is 1. The molecule has 21 heavy (non-hydrogen) atoms. The molecule has 1 aromatic rings. The Bertz CT molecular complexity index is 499. The van der Waals surface area contributed by atoms with Crippen molar-refractivity contribution in [1.82, 2.24) is 0 Å². The van der Waals surface area contributed by atoms with Crippen LogP contribution in [0.4, 0.5) is 18.9 Å². The lowest BCUT2D eigenvalue weighted by molar-refractivity contribution is -0.138. The minimum atomic E-state index is -4.36. The molecular formula is C16H23F3N2. The summed E-state index contributed by atoms with van der Waals surface area (Å²) >= 11 is 0. The van der Waals surface area contributed by atoms with Crippen LogP contribution in [0.2, 0.25) is 0 Å². The fourth-order valence-corrected chi connectivity index (χ4v) is 3.24. The van der Waals surface area contributed by atoms with Gasteiger partial charge in [0.05, 0.1) is 5.56 Å². The van der Waals surface area contributed by atoms with Gasteiger partial charge >= 0.3 is 6.18 Å². The Hall–Kier alpha value is -1.23. The first-order chi connectivity index (χ1) is 9.74. The summed E-state index contributed by atoms with van der Waals surface area (Å²) in [6.07, 6.45) is -3.24. The zero-order valence-corrected chi connectivity index (χ0v) is 12.7. The third-order valence-electron chi connectivity index (χ3n) is 4.55. The largest absolute Gasteiger partial charge is 0.416 e. The molecule has 0 saturated carbocycles. The molecule has 0 aromatic heterocycles. The molecule has 1 saturated heterocycles. The van der Waals surface area contributed by atoms with E-state index in [0.717, 1.165) is 13.0 Å². The lowest BCUT2D eigenvalue weighted by Gasteiger charge is -2.43. The van der Waals surface area contributed by atoms with Gasteiger partial charge in [-0.25, -0.2) is 0 Å². The summed E-state index contributed by atoms with van der Waals surface area (Å²) in [5.74, 6) is 0.956. The Balaban J connectivity index is 2.40. The molecule has 118 valence electrons. The monoisotopic (exact) mass is 300 g/mol. The lowest BCUT2D eigenvalue weighted by Crippen LogP contribution is -2.46. The van der Waals surface area contributed by atoms with Gasteiger partial charge in [0, 0.05) is 24.8 Å². The van der Waals surface area contributed by atoms with Gasteiger partial charge in [-0.15, -0.1) is 0 Å². The van der Waals surface area contributed by atoms with E-state index >= 15 is 0 Å². The van der Waals surface area contributed by atoms with Crippen molar-refractivity contribution in [3.05, 3.63) is 29.3 Å². The number of alkyl halides is 3. The predicted molar refractivity (Wildman–Crippen MR) is 79.1 cm³/mol. The van der Waals surface area contributed by atoms with E-state index in [1.807, 2.05) is 0 Å². The van der Waals surface area contributed by atoms with Crippen molar-refractivity contribution in [3.63, 3.8) is 0 Å². The Labute approximate surface area is 124 Å². The van der Waals surface area contributed by atoms with E-state index in [1.165, 1.54) is 12.1 Å². The van der Waals surface area contributed by atoms with Crippen LogP contribution in [0.1, 0.15) is 38.3 Å². The number of hydrogen-bond acceptors (Lipinski definition) is 2. The molecule has 3 atom stereocenters. The fourth-order valence-electron chi connectivity index (χ4n) is 3.24. The molecule has 0 aliphatic carbocycles. The smallest absolute Gasteiger partial charge is 0.368 e. The van der Waals surface area contributed by atoms with Crippen molar-refractivity contribution in [3.8, 4) is 0 Å². The molecule has 0 bridgehead atoms. The highest BCUT2D eigenvalue weighted by Crippen LogP contribution is 2.37. The second kappa shape index (κ2) is 5.87. The minimum Gasteiger partial charge on any atom is -0.368 e. The zero-order valence-electron chi connectivity index (χ0n) is 12.7. The van der Waals surface area contributed by atoms with Crippen LogP contribution in [0, 0.1) is 11.8 Å². The number of piperidine rings is 1. The first-order valence-corrected chi connectivity index (χ1v) is 7.40. The number of halogens is 3.